The van der Waals surface area contributed by atoms with E-state index in [0.717, 1.165) is 25.1 Å². The summed E-state index contributed by atoms with van der Waals surface area (Å²) in [5, 5.41) is 13.6. The number of carbonyl (C=O) groups is 1. The Bertz CT molecular complexity index is 812. The molecule has 1 aromatic rings. The minimum atomic E-state index is -0.287. The van der Waals surface area contributed by atoms with Crippen molar-refractivity contribution in [1.29, 1.82) is 0 Å². The Morgan fingerprint density at radius 3 is 2.59 bits per heavy atom. The van der Waals surface area contributed by atoms with Crippen molar-refractivity contribution >= 4 is 5.91 Å². The van der Waals surface area contributed by atoms with E-state index in [4.69, 9.17) is 0 Å². The van der Waals surface area contributed by atoms with Crippen molar-refractivity contribution in [3.05, 3.63) is 34.2 Å². The second-order valence-electron chi connectivity index (χ2n) is 9.62. The topological polar surface area (TPSA) is 74.6 Å². The predicted molar refractivity (Wildman–Crippen MR) is 110 cm³/mol. The first-order valence-electron chi connectivity index (χ1n) is 11.5. The van der Waals surface area contributed by atoms with Crippen LogP contribution in [0.5, 0.6) is 0 Å². The highest BCUT2D eigenvalue weighted by Crippen LogP contribution is 2.49. The molecule has 2 saturated carbocycles. The Hall–Kier alpha value is -1.66. The SMILES string of the molecule is O=C(NC1CCC1)[C@@H]1[C@@H](CO)[C@@H]2Cn3c(cccc3=O)[C@H]1N2CC1CCCCC1. The molecule has 2 aliphatic carbocycles. The van der Waals surface area contributed by atoms with E-state index in [9.17, 15) is 14.7 Å². The average molecular weight is 400 g/mol. The maximum absolute atomic E-state index is 13.4. The Kier molecular flexibility index (Phi) is 5.25. The van der Waals surface area contributed by atoms with Gasteiger partial charge in [-0.25, -0.2) is 0 Å². The van der Waals surface area contributed by atoms with Gasteiger partial charge in [0.1, 0.15) is 0 Å². The minimum absolute atomic E-state index is 0.00607. The normalized spacial score (nSPS) is 32.6. The molecular weight excluding hydrogens is 366 g/mol. The molecule has 1 saturated heterocycles. The summed E-state index contributed by atoms with van der Waals surface area (Å²) in [5.41, 5.74) is 0.959. The van der Waals surface area contributed by atoms with E-state index in [1.165, 1.54) is 38.5 Å². The maximum Gasteiger partial charge on any atom is 0.250 e. The van der Waals surface area contributed by atoms with Gasteiger partial charge in [-0.1, -0.05) is 25.3 Å². The minimum Gasteiger partial charge on any atom is -0.396 e. The number of aliphatic hydroxyl groups is 1. The van der Waals surface area contributed by atoms with Crippen molar-refractivity contribution in [2.45, 2.75) is 76.0 Å². The van der Waals surface area contributed by atoms with E-state index >= 15 is 0 Å². The number of hydrogen-bond donors (Lipinski definition) is 2. The van der Waals surface area contributed by atoms with E-state index < -0.39 is 0 Å². The summed E-state index contributed by atoms with van der Waals surface area (Å²) in [5.74, 6) is 0.316. The summed E-state index contributed by atoms with van der Waals surface area (Å²) < 4.78 is 1.85. The molecule has 2 aliphatic heterocycles. The van der Waals surface area contributed by atoms with Gasteiger partial charge in [0, 0.05) is 49.5 Å². The van der Waals surface area contributed by atoms with Gasteiger partial charge in [0.25, 0.3) is 5.56 Å². The molecule has 6 heteroatoms. The second kappa shape index (κ2) is 7.88. The van der Waals surface area contributed by atoms with Gasteiger partial charge in [-0.05, 0) is 44.1 Å². The highest BCUT2D eigenvalue weighted by Gasteiger charge is 2.56. The number of rotatable bonds is 5. The van der Waals surface area contributed by atoms with Gasteiger partial charge in [-0.3, -0.25) is 14.5 Å². The van der Waals surface area contributed by atoms with Gasteiger partial charge in [0.2, 0.25) is 5.91 Å². The van der Waals surface area contributed by atoms with Gasteiger partial charge in [0.15, 0.2) is 0 Å². The summed E-state index contributed by atoms with van der Waals surface area (Å²) in [7, 11) is 0. The second-order valence-corrected chi connectivity index (χ2v) is 9.62. The number of fused-ring (bicyclic) bond motifs is 4. The molecule has 6 nitrogen and oxygen atoms in total. The van der Waals surface area contributed by atoms with Gasteiger partial charge < -0.3 is 15.0 Å². The number of pyridine rings is 1. The molecule has 3 heterocycles. The lowest BCUT2D eigenvalue weighted by Crippen LogP contribution is -2.48. The lowest BCUT2D eigenvalue weighted by atomic mass is 9.85. The smallest absolute Gasteiger partial charge is 0.250 e. The predicted octanol–water partition coefficient (Wildman–Crippen LogP) is 2.06. The number of aromatic nitrogens is 1. The van der Waals surface area contributed by atoms with Crippen LogP contribution >= 0.6 is 0 Å². The number of nitrogens with zero attached hydrogens (tertiary/aromatic N) is 2. The summed E-state index contributed by atoms with van der Waals surface area (Å²) in [6.45, 7) is 1.55. The van der Waals surface area contributed by atoms with Crippen molar-refractivity contribution in [3.63, 3.8) is 0 Å². The van der Waals surface area contributed by atoms with E-state index in [1.807, 2.05) is 16.7 Å². The van der Waals surface area contributed by atoms with Gasteiger partial charge in [0.05, 0.1) is 12.0 Å². The molecule has 29 heavy (non-hydrogen) atoms. The van der Waals surface area contributed by atoms with Crippen LogP contribution in [0.2, 0.25) is 0 Å². The fourth-order valence-electron chi connectivity index (χ4n) is 6.24. The zero-order valence-electron chi connectivity index (χ0n) is 17.1. The van der Waals surface area contributed by atoms with Gasteiger partial charge >= 0.3 is 0 Å². The third-order valence-electron chi connectivity index (χ3n) is 7.99. The molecule has 5 rings (SSSR count). The first-order valence-corrected chi connectivity index (χ1v) is 11.5. The van der Waals surface area contributed by atoms with Crippen LogP contribution in [0.1, 0.15) is 63.1 Å². The summed E-state index contributed by atoms with van der Waals surface area (Å²) >= 11 is 0. The number of carbonyl (C=O) groups excluding carboxylic acids is 1. The molecule has 3 fully saturated rings. The fourth-order valence-corrected chi connectivity index (χ4v) is 6.24. The number of hydrogen-bond acceptors (Lipinski definition) is 4. The monoisotopic (exact) mass is 399 g/mol. The van der Waals surface area contributed by atoms with Crippen molar-refractivity contribution in [3.8, 4) is 0 Å². The largest absolute Gasteiger partial charge is 0.396 e. The molecule has 1 amide bonds. The quantitative estimate of drug-likeness (QED) is 0.795. The van der Waals surface area contributed by atoms with Crippen LogP contribution in [0.3, 0.4) is 0 Å². The Labute approximate surface area is 172 Å². The summed E-state index contributed by atoms with van der Waals surface area (Å²) in [4.78, 5) is 28.4. The van der Waals surface area contributed by atoms with Crippen molar-refractivity contribution < 1.29 is 9.90 Å². The third kappa shape index (κ3) is 3.34. The zero-order chi connectivity index (χ0) is 20.0. The van der Waals surface area contributed by atoms with Crippen LogP contribution in [-0.4, -0.2) is 45.7 Å². The van der Waals surface area contributed by atoms with E-state index in [-0.39, 0.29) is 48.0 Å². The van der Waals surface area contributed by atoms with Crippen molar-refractivity contribution in [2.75, 3.05) is 13.2 Å². The molecule has 2 bridgehead atoms. The van der Waals surface area contributed by atoms with E-state index in [2.05, 4.69) is 10.2 Å². The lowest BCUT2D eigenvalue weighted by Gasteiger charge is -2.40. The molecule has 1 aromatic heterocycles. The van der Waals surface area contributed by atoms with Crippen LogP contribution in [0.25, 0.3) is 0 Å². The molecule has 2 N–H and O–H groups in total. The fraction of sp³-hybridized carbons (Fsp3) is 0.739. The molecule has 0 aromatic carbocycles. The van der Waals surface area contributed by atoms with Crippen LogP contribution in [0.15, 0.2) is 23.0 Å². The molecule has 158 valence electrons. The van der Waals surface area contributed by atoms with Crippen LogP contribution in [-0.2, 0) is 11.3 Å². The van der Waals surface area contributed by atoms with Crippen LogP contribution < -0.4 is 10.9 Å². The Morgan fingerprint density at radius 1 is 1.10 bits per heavy atom. The zero-order valence-corrected chi connectivity index (χ0v) is 17.1. The highest BCUT2D eigenvalue weighted by molar-refractivity contribution is 5.81. The molecule has 0 radical (unpaired) electrons. The van der Waals surface area contributed by atoms with E-state index in [0.29, 0.717) is 12.5 Å². The standard InChI is InChI=1S/C23H33N3O3/c27-14-17-19-13-25-18(10-5-11-20(25)28)22(21(17)23(29)24-16-8-4-9-16)26(19)12-15-6-2-1-3-7-15/h5,10-11,15-17,19,21-22,27H,1-4,6-9,12-14H2,(H,24,29)/t17-,19-,21+,22+/m0/s1. The number of amides is 1. The lowest BCUT2D eigenvalue weighted by molar-refractivity contribution is -0.128. The third-order valence-corrected chi connectivity index (χ3v) is 7.99. The number of nitrogens with one attached hydrogen (secondary N) is 1. The number of aliphatic hydroxyl groups excluding tert-OH is 1. The van der Waals surface area contributed by atoms with Crippen LogP contribution in [0.4, 0.5) is 0 Å². The molecular formula is C23H33N3O3. The molecule has 0 spiro atoms. The first kappa shape index (κ1) is 19.3. The molecule has 4 atom stereocenters. The van der Waals surface area contributed by atoms with Gasteiger partial charge in [-0.2, -0.15) is 0 Å². The van der Waals surface area contributed by atoms with Crippen LogP contribution in [0, 0.1) is 17.8 Å². The average Bonchev–Trinajstić information content (AvgIpc) is 2.90. The Balaban J connectivity index is 1.50. The molecule has 4 aliphatic rings. The summed E-state index contributed by atoms with van der Waals surface area (Å²) in [6.07, 6.45) is 9.69. The van der Waals surface area contributed by atoms with Crippen molar-refractivity contribution in [1.82, 2.24) is 14.8 Å². The summed E-state index contributed by atoms with van der Waals surface area (Å²) in [6, 6.07) is 5.67. The highest BCUT2D eigenvalue weighted by atomic mass is 16.3. The van der Waals surface area contributed by atoms with Crippen molar-refractivity contribution in [2.24, 2.45) is 17.8 Å². The molecule has 0 unspecified atom stereocenters. The maximum atomic E-state index is 13.4. The van der Waals surface area contributed by atoms with Gasteiger partial charge in [-0.15, -0.1) is 0 Å². The van der Waals surface area contributed by atoms with E-state index in [1.54, 1.807) is 6.07 Å². The Morgan fingerprint density at radius 2 is 1.90 bits per heavy atom. The first-order chi connectivity index (χ1) is 14.2.